The van der Waals surface area contributed by atoms with Crippen LogP contribution in [-0.4, -0.2) is 6.29 Å². The predicted octanol–water partition coefficient (Wildman–Crippen LogP) is 5.07. The van der Waals surface area contributed by atoms with Gasteiger partial charge in [0.2, 0.25) is 0 Å². The van der Waals surface area contributed by atoms with Crippen LogP contribution in [0.4, 0.5) is 0 Å². The summed E-state index contributed by atoms with van der Waals surface area (Å²) in [4.78, 5) is 12.8. The molecule has 86 valence electrons. The second-order valence-electron chi connectivity index (χ2n) is 3.36. The van der Waals surface area contributed by atoms with Gasteiger partial charge in [-0.3, -0.25) is 4.79 Å². The van der Waals surface area contributed by atoms with Crippen LogP contribution >= 0.6 is 39.3 Å². The Morgan fingerprint density at radius 1 is 1.06 bits per heavy atom. The molecule has 2 aromatic rings. The van der Waals surface area contributed by atoms with E-state index in [4.69, 9.17) is 11.6 Å². The lowest BCUT2D eigenvalue weighted by Crippen LogP contribution is -1.82. The van der Waals surface area contributed by atoms with Crippen molar-refractivity contribution >= 4 is 45.6 Å². The maximum Gasteiger partial charge on any atom is 0.151 e. The van der Waals surface area contributed by atoms with Crippen LogP contribution in [0.15, 0.2) is 56.7 Å². The van der Waals surface area contributed by atoms with E-state index in [0.29, 0.717) is 10.6 Å². The van der Waals surface area contributed by atoms with Gasteiger partial charge in [0.05, 0.1) is 5.02 Å². The molecule has 17 heavy (non-hydrogen) atoms. The molecular weight excluding hydrogens is 320 g/mol. The molecular formula is C13H8BrClOS. The summed E-state index contributed by atoms with van der Waals surface area (Å²) in [6, 6.07) is 13.5. The number of aldehydes is 1. The Bertz CT molecular complexity index is 540. The van der Waals surface area contributed by atoms with Crippen molar-refractivity contribution in [2.75, 3.05) is 0 Å². The Kier molecular flexibility index (Phi) is 4.26. The second kappa shape index (κ2) is 5.71. The van der Waals surface area contributed by atoms with Crippen molar-refractivity contribution in [3.05, 3.63) is 57.5 Å². The van der Waals surface area contributed by atoms with Crippen LogP contribution in [0.3, 0.4) is 0 Å². The highest BCUT2D eigenvalue weighted by Crippen LogP contribution is 2.31. The third kappa shape index (κ3) is 3.35. The van der Waals surface area contributed by atoms with E-state index in [1.807, 2.05) is 30.3 Å². The minimum Gasteiger partial charge on any atom is -0.298 e. The Morgan fingerprint density at radius 2 is 1.71 bits per heavy atom. The number of hydrogen-bond donors (Lipinski definition) is 0. The van der Waals surface area contributed by atoms with Crippen LogP contribution in [-0.2, 0) is 0 Å². The zero-order chi connectivity index (χ0) is 12.3. The smallest absolute Gasteiger partial charge is 0.151 e. The first kappa shape index (κ1) is 12.7. The Hall–Kier alpha value is -0.770. The second-order valence-corrected chi connectivity index (χ2v) is 5.83. The fourth-order valence-electron chi connectivity index (χ4n) is 1.31. The molecule has 0 bridgehead atoms. The van der Waals surface area contributed by atoms with Gasteiger partial charge < -0.3 is 0 Å². The van der Waals surface area contributed by atoms with Crippen molar-refractivity contribution in [3.63, 3.8) is 0 Å². The maximum absolute atomic E-state index is 10.6. The molecule has 0 aliphatic heterocycles. The van der Waals surface area contributed by atoms with Crippen molar-refractivity contribution in [2.45, 2.75) is 9.79 Å². The van der Waals surface area contributed by atoms with Crippen molar-refractivity contribution in [1.82, 2.24) is 0 Å². The fraction of sp³-hybridized carbons (Fsp3) is 0. The molecule has 0 spiro atoms. The first-order chi connectivity index (χ1) is 8.19. The fourth-order valence-corrected chi connectivity index (χ4v) is 2.72. The lowest BCUT2D eigenvalue weighted by atomic mass is 10.2. The van der Waals surface area contributed by atoms with E-state index in [0.717, 1.165) is 20.5 Å². The lowest BCUT2D eigenvalue weighted by molar-refractivity contribution is 0.112. The van der Waals surface area contributed by atoms with Crippen LogP contribution in [0.2, 0.25) is 5.02 Å². The van der Waals surface area contributed by atoms with E-state index >= 15 is 0 Å². The number of carbonyl (C=O) groups is 1. The average Bonchev–Trinajstić information content (AvgIpc) is 2.32. The van der Waals surface area contributed by atoms with Crippen LogP contribution in [0, 0.1) is 0 Å². The largest absolute Gasteiger partial charge is 0.298 e. The molecule has 0 N–H and O–H groups in total. The monoisotopic (exact) mass is 326 g/mol. The molecule has 4 heteroatoms. The van der Waals surface area contributed by atoms with Crippen molar-refractivity contribution in [3.8, 4) is 0 Å². The summed E-state index contributed by atoms with van der Waals surface area (Å²) >= 11 is 11.0. The third-order valence-corrected chi connectivity index (χ3v) is 4.00. The highest BCUT2D eigenvalue weighted by atomic mass is 79.9. The Morgan fingerprint density at radius 3 is 2.29 bits per heavy atom. The quantitative estimate of drug-likeness (QED) is 0.732. The minimum absolute atomic E-state index is 0.488. The van der Waals surface area contributed by atoms with Gasteiger partial charge in [-0.25, -0.2) is 0 Å². The van der Waals surface area contributed by atoms with E-state index in [1.54, 1.807) is 23.9 Å². The summed E-state index contributed by atoms with van der Waals surface area (Å²) in [5, 5.41) is 0.488. The van der Waals surface area contributed by atoms with Gasteiger partial charge in [-0.2, -0.15) is 0 Å². The minimum atomic E-state index is 0.488. The summed E-state index contributed by atoms with van der Waals surface area (Å²) in [7, 11) is 0. The van der Waals surface area contributed by atoms with Crippen LogP contribution < -0.4 is 0 Å². The molecule has 0 unspecified atom stereocenters. The molecule has 0 aliphatic rings. The molecule has 0 heterocycles. The molecule has 0 amide bonds. The van der Waals surface area contributed by atoms with E-state index in [-0.39, 0.29) is 0 Å². The normalized spacial score (nSPS) is 10.2. The van der Waals surface area contributed by atoms with Gasteiger partial charge in [0.25, 0.3) is 0 Å². The van der Waals surface area contributed by atoms with Crippen molar-refractivity contribution in [1.29, 1.82) is 0 Å². The lowest BCUT2D eigenvalue weighted by Gasteiger charge is -2.03. The van der Waals surface area contributed by atoms with E-state index in [9.17, 15) is 4.79 Å². The first-order valence-electron chi connectivity index (χ1n) is 4.87. The van der Waals surface area contributed by atoms with Gasteiger partial charge in [0, 0.05) is 19.8 Å². The number of hydrogen-bond acceptors (Lipinski definition) is 2. The van der Waals surface area contributed by atoms with Gasteiger partial charge in [0.1, 0.15) is 0 Å². The molecule has 2 aromatic carbocycles. The number of rotatable bonds is 3. The van der Waals surface area contributed by atoms with Crippen LogP contribution in [0.1, 0.15) is 10.4 Å². The molecule has 0 saturated heterocycles. The van der Waals surface area contributed by atoms with Crippen molar-refractivity contribution < 1.29 is 4.79 Å². The summed E-state index contributed by atoms with van der Waals surface area (Å²) in [5.74, 6) is 0. The molecule has 0 atom stereocenters. The average molecular weight is 328 g/mol. The topological polar surface area (TPSA) is 17.1 Å². The van der Waals surface area contributed by atoms with Gasteiger partial charge in [-0.15, -0.1) is 0 Å². The summed E-state index contributed by atoms with van der Waals surface area (Å²) in [6.07, 6.45) is 0.760. The first-order valence-corrected chi connectivity index (χ1v) is 6.86. The van der Waals surface area contributed by atoms with E-state index in [2.05, 4.69) is 15.9 Å². The van der Waals surface area contributed by atoms with E-state index < -0.39 is 0 Å². The summed E-state index contributed by atoms with van der Waals surface area (Å²) in [6.45, 7) is 0. The molecule has 0 aromatic heterocycles. The number of carbonyl (C=O) groups excluding carboxylic acids is 1. The predicted molar refractivity (Wildman–Crippen MR) is 75.1 cm³/mol. The molecule has 0 radical (unpaired) electrons. The number of benzene rings is 2. The third-order valence-electron chi connectivity index (χ3n) is 2.15. The zero-order valence-electron chi connectivity index (χ0n) is 8.69. The molecule has 0 fully saturated rings. The van der Waals surface area contributed by atoms with Crippen LogP contribution in [0.25, 0.3) is 0 Å². The number of halogens is 2. The van der Waals surface area contributed by atoms with E-state index in [1.165, 1.54) is 0 Å². The van der Waals surface area contributed by atoms with Gasteiger partial charge >= 0.3 is 0 Å². The van der Waals surface area contributed by atoms with Gasteiger partial charge in [-0.1, -0.05) is 39.3 Å². The summed E-state index contributed by atoms with van der Waals surface area (Å²) in [5.41, 5.74) is 0.520. The van der Waals surface area contributed by atoms with Gasteiger partial charge in [-0.05, 0) is 42.5 Å². The summed E-state index contributed by atoms with van der Waals surface area (Å²) < 4.78 is 1.05. The van der Waals surface area contributed by atoms with Crippen molar-refractivity contribution in [2.24, 2.45) is 0 Å². The highest BCUT2D eigenvalue weighted by molar-refractivity contribution is 9.10. The molecule has 0 aliphatic carbocycles. The van der Waals surface area contributed by atoms with Gasteiger partial charge in [0.15, 0.2) is 6.29 Å². The standard InChI is InChI=1S/C13H8BrClOS/c14-10-2-5-11(6-3-10)17-12-4-1-9(8-16)13(15)7-12/h1-8H. The molecule has 1 nitrogen and oxygen atoms in total. The highest BCUT2D eigenvalue weighted by Gasteiger charge is 2.02. The molecule has 2 rings (SSSR count). The SMILES string of the molecule is O=Cc1ccc(Sc2ccc(Br)cc2)cc1Cl. The van der Waals surface area contributed by atoms with Crippen LogP contribution in [0.5, 0.6) is 0 Å². The molecule has 0 saturated carbocycles. The zero-order valence-corrected chi connectivity index (χ0v) is 11.8. The Balaban J connectivity index is 2.21. The maximum atomic E-state index is 10.6. The Labute approximate surface area is 117 Å².